The first kappa shape index (κ1) is 21.9. The molecule has 3 rings (SSSR count). The molecular weight excluding hydrogens is 400 g/mol. The fourth-order valence-electron chi connectivity index (χ4n) is 2.86. The lowest BCUT2D eigenvalue weighted by Gasteiger charge is -2.19. The maximum atomic E-state index is 12.5. The average Bonchev–Trinajstić information content (AvgIpc) is 3.26. The molecule has 1 N–H and O–H groups in total. The van der Waals surface area contributed by atoms with Gasteiger partial charge in [0.15, 0.2) is 23.9 Å². The zero-order valence-electron chi connectivity index (χ0n) is 17.8. The van der Waals surface area contributed by atoms with Gasteiger partial charge < -0.3 is 19.3 Å². The Morgan fingerprint density at radius 1 is 1.13 bits per heavy atom. The summed E-state index contributed by atoms with van der Waals surface area (Å²) >= 11 is 0. The zero-order chi connectivity index (χ0) is 22.4. The number of hydrogen-bond acceptors (Lipinski definition) is 8. The molecule has 0 fully saturated rings. The minimum atomic E-state index is -0.485. The molecule has 0 aliphatic rings. The van der Waals surface area contributed by atoms with Crippen LogP contribution < -0.4 is 14.8 Å². The van der Waals surface area contributed by atoms with Gasteiger partial charge in [-0.25, -0.2) is 0 Å². The highest BCUT2D eigenvalue weighted by atomic mass is 16.5. The first-order chi connectivity index (χ1) is 14.9. The highest BCUT2D eigenvalue weighted by molar-refractivity contribution is 5.94. The quantitative estimate of drug-likeness (QED) is 0.521. The van der Waals surface area contributed by atoms with Crippen LogP contribution in [0.5, 0.6) is 11.5 Å². The Kier molecular flexibility index (Phi) is 6.96. The first-order valence-corrected chi connectivity index (χ1v) is 9.74. The van der Waals surface area contributed by atoms with Gasteiger partial charge in [-0.15, -0.1) is 0 Å². The molecule has 2 heterocycles. The molecule has 1 aromatic carbocycles. The van der Waals surface area contributed by atoms with Crippen LogP contribution in [0.1, 0.15) is 43.1 Å². The number of rotatable bonds is 9. The standard InChI is InChI=1S/C22H24N4O5/c1-13(2)20(22-25-21(26-31-22)15-7-9-23-10-8-15)24-19(28)12-30-17-6-5-16(14(3)27)11-18(17)29-4/h5-11,13,20H,12H2,1-4H3,(H,24,28). The molecule has 9 nitrogen and oxygen atoms in total. The van der Waals surface area contributed by atoms with Gasteiger partial charge in [0.25, 0.3) is 5.91 Å². The smallest absolute Gasteiger partial charge is 0.258 e. The van der Waals surface area contributed by atoms with Crippen molar-refractivity contribution in [2.45, 2.75) is 26.8 Å². The van der Waals surface area contributed by atoms with Gasteiger partial charge in [0.05, 0.1) is 7.11 Å². The van der Waals surface area contributed by atoms with Crippen molar-refractivity contribution < 1.29 is 23.6 Å². The molecule has 9 heteroatoms. The van der Waals surface area contributed by atoms with E-state index in [1.807, 2.05) is 13.8 Å². The topological polar surface area (TPSA) is 116 Å². The molecule has 162 valence electrons. The molecule has 2 aromatic heterocycles. The first-order valence-electron chi connectivity index (χ1n) is 9.74. The number of benzene rings is 1. The van der Waals surface area contributed by atoms with Gasteiger partial charge in [-0.3, -0.25) is 14.6 Å². The van der Waals surface area contributed by atoms with Crippen LogP contribution in [0.2, 0.25) is 0 Å². The van der Waals surface area contributed by atoms with Crippen LogP contribution in [0, 0.1) is 5.92 Å². The normalized spacial score (nSPS) is 11.8. The number of amides is 1. The monoisotopic (exact) mass is 424 g/mol. The molecule has 0 aliphatic carbocycles. The maximum absolute atomic E-state index is 12.5. The minimum Gasteiger partial charge on any atom is -0.493 e. The van der Waals surface area contributed by atoms with Crippen LogP contribution in [0.15, 0.2) is 47.2 Å². The molecular formula is C22H24N4O5. The summed E-state index contributed by atoms with van der Waals surface area (Å²) in [7, 11) is 1.47. The van der Waals surface area contributed by atoms with Gasteiger partial charge in [-0.2, -0.15) is 4.98 Å². The predicted octanol–water partition coefficient (Wildman–Crippen LogP) is 3.24. The Hall–Kier alpha value is -3.75. The second-order valence-electron chi connectivity index (χ2n) is 7.19. The number of ether oxygens (including phenoxy) is 2. The van der Waals surface area contributed by atoms with Crippen LogP contribution in [0.4, 0.5) is 0 Å². The van der Waals surface area contributed by atoms with E-state index < -0.39 is 6.04 Å². The summed E-state index contributed by atoms with van der Waals surface area (Å²) < 4.78 is 16.2. The van der Waals surface area contributed by atoms with E-state index >= 15 is 0 Å². The average molecular weight is 424 g/mol. The Bertz CT molecular complexity index is 1050. The summed E-state index contributed by atoms with van der Waals surface area (Å²) in [5.41, 5.74) is 1.26. The largest absolute Gasteiger partial charge is 0.493 e. The van der Waals surface area contributed by atoms with Gasteiger partial charge in [0.2, 0.25) is 11.7 Å². The fourth-order valence-corrected chi connectivity index (χ4v) is 2.86. The van der Waals surface area contributed by atoms with Gasteiger partial charge in [-0.1, -0.05) is 19.0 Å². The number of hydrogen-bond donors (Lipinski definition) is 1. The molecule has 0 saturated heterocycles. The lowest BCUT2D eigenvalue weighted by Crippen LogP contribution is -2.35. The molecule has 0 aliphatic heterocycles. The number of carbonyl (C=O) groups is 2. The Morgan fingerprint density at radius 3 is 2.52 bits per heavy atom. The number of ketones is 1. The van der Waals surface area contributed by atoms with Crippen molar-refractivity contribution in [3.63, 3.8) is 0 Å². The van der Waals surface area contributed by atoms with E-state index in [1.54, 1.807) is 42.7 Å². The Balaban J connectivity index is 1.67. The molecule has 0 bridgehead atoms. The second kappa shape index (κ2) is 9.84. The van der Waals surface area contributed by atoms with E-state index in [1.165, 1.54) is 14.0 Å². The van der Waals surface area contributed by atoms with Crippen LogP contribution in [-0.4, -0.2) is 40.5 Å². The third-order valence-electron chi connectivity index (χ3n) is 4.56. The molecule has 1 amide bonds. The van der Waals surface area contributed by atoms with E-state index in [9.17, 15) is 9.59 Å². The van der Waals surface area contributed by atoms with Crippen LogP contribution in [0.3, 0.4) is 0 Å². The summed E-state index contributed by atoms with van der Waals surface area (Å²) in [6, 6.07) is 7.86. The van der Waals surface area contributed by atoms with E-state index in [4.69, 9.17) is 14.0 Å². The fraction of sp³-hybridized carbons (Fsp3) is 0.318. The van der Waals surface area contributed by atoms with Crippen molar-refractivity contribution >= 4 is 11.7 Å². The minimum absolute atomic E-state index is 0.000855. The highest BCUT2D eigenvalue weighted by Gasteiger charge is 2.25. The van der Waals surface area contributed by atoms with E-state index in [-0.39, 0.29) is 24.2 Å². The summed E-state index contributed by atoms with van der Waals surface area (Å²) in [6.45, 7) is 5.09. The molecule has 1 atom stereocenters. The van der Waals surface area contributed by atoms with Crippen LogP contribution in [-0.2, 0) is 4.79 Å². The molecule has 0 spiro atoms. The zero-order valence-corrected chi connectivity index (χ0v) is 17.8. The van der Waals surface area contributed by atoms with Crippen molar-refractivity contribution in [3.05, 3.63) is 54.2 Å². The number of Topliss-reactive ketones (excluding diaryl/α,β-unsaturated/α-hetero) is 1. The summed E-state index contributed by atoms with van der Waals surface area (Å²) in [5.74, 6) is 1.01. The number of aromatic nitrogens is 3. The maximum Gasteiger partial charge on any atom is 0.258 e. The number of pyridine rings is 1. The Morgan fingerprint density at radius 2 is 1.87 bits per heavy atom. The highest BCUT2D eigenvalue weighted by Crippen LogP contribution is 2.28. The third kappa shape index (κ3) is 5.44. The summed E-state index contributed by atoms with van der Waals surface area (Å²) in [5, 5.41) is 6.86. The Labute approximate surface area is 179 Å². The third-order valence-corrected chi connectivity index (χ3v) is 4.56. The number of nitrogens with one attached hydrogen (secondary N) is 1. The van der Waals surface area contributed by atoms with Crippen LogP contribution in [0.25, 0.3) is 11.4 Å². The lowest BCUT2D eigenvalue weighted by molar-refractivity contribution is -0.124. The van der Waals surface area contributed by atoms with Gasteiger partial charge in [-0.05, 0) is 43.2 Å². The SMILES string of the molecule is COc1cc(C(C)=O)ccc1OCC(=O)NC(c1nc(-c2ccncc2)no1)C(C)C. The number of carbonyl (C=O) groups excluding carboxylic acids is 2. The van der Waals surface area contributed by atoms with Crippen molar-refractivity contribution in [1.82, 2.24) is 20.4 Å². The summed E-state index contributed by atoms with van der Waals surface area (Å²) in [6.07, 6.45) is 3.28. The summed E-state index contributed by atoms with van der Waals surface area (Å²) in [4.78, 5) is 32.4. The van der Waals surface area contributed by atoms with Gasteiger partial charge in [0, 0.05) is 23.5 Å². The number of nitrogens with zero attached hydrogens (tertiary/aromatic N) is 3. The molecule has 1 unspecified atom stereocenters. The van der Waals surface area contributed by atoms with Crippen molar-refractivity contribution in [1.29, 1.82) is 0 Å². The van der Waals surface area contributed by atoms with Crippen molar-refractivity contribution in [2.75, 3.05) is 13.7 Å². The van der Waals surface area contributed by atoms with Gasteiger partial charge >= 0.3 is 0 Å². The lowest BCUT2D eigenvalue weighted by atomic mass is 10.0. The van der Waals surface area contributed by atoms with E-state index in [0.29, 0.717) is 28.8 Å². The van der Waals surface area contributed by atoms with E-state index in [2.05, 4.69) is 20.4 Å². The van der Waals surface area contributed by atoms with E-state index in [0.717, 1.165) is 5.56 Å². The van der Waals surface area contributed by atoms with Gasteiger partial charge in [0.1, 0.15) is 6.04 Å². The van der Waals surface area contributed by atoms with Crippen molar-refractivity contribution in [2.24, 2.45) is 5.92 Å². The van der Waals surface area contributed by atoms with Crippen LogP contribution >= 0.6 is 0 Å². The molecule has 0 saturated carbocycles. The number of methoxy groups -OCH3 is 1. The predicted molar refractivity (Wildman–Crippen MR) is 112 cm³/mol. The molecule has 3 aromatic rings. The molecule has 0 radical (unpaired) electrons. The van der Waals surface area contributed by atoms with Crippen molar-refractivity contribution in [3.8, 4) is 22.9 Å². The molecule has 31 heavy (non-hydrogen) atoms. The second-order valence-corrected chi connectivity index (χ2v) is 7.19.